The van der Waals surface area contributed by atoms with Crippen LogP contribution in [0.1, 0.15) is 0 Å². The number of hydrogen-bond acceptors (Lipinski definition) is 1. The van der Waals surface area contributed by atoms with Crippen LogP contribution in [0.3, 0.4) is 0 Å². The van der Waals surface area contributed by atoms with Crippen LogP contribution in [0, 0.1) is 0 Å². The molecule has 1 N–H and O–H groups in total. The van der Waals surface area contributed by atoms with Gasteiger partial charge >= 0.3 is 0 Å². The number of amides is 1. The Morgan fingerprint density at radius 2 is 1.58 bits per heavy atom. The number of halogens is 1. The first-order valence-corrected chi connectivity index (χ1v) is 8.77. The van der Waals surface area contributed by atoms with Crippen LogP contribution in [0.5, 0.6) is 0 Å². The predicted octanol–water partition coefficient (Wildman–Crippen LogP) is 5.60. The Bertz CT molecular complexity index is 1050. The highest BCUT2D eigenvalue weighted by atomic mass is 35.5. The normalized spacial score (nSPS) is 10.8. The average Bonchev–Trinajstić information content (AvgIpc) is 3.03. The molecule has 0 radical (unpaired) electrons. The summed E-state index contributed by atoms with van der Waals surface area (Å²) in [6.45, 7) is 0.236. The van der Waals surface area contributed by atoms with Crippen LogP contribution in [0.2, 0.25) is 5.02 Å². The van der Waals surface area contributed by atoms with Crippen molar-refractivity contribution in [1.29, 1.82) is 0 Å². The van der Waals surface area contributed by atoms with Gasteiger partial charge in [-0.1, -0.05) is 60.1 Å². The van der Waals surface area contributed by atoms with E-state index in [4.69, 9.17) is 11.6 Å². The lowest BCUT2D eigenvalue weighted by molar-refractivity contribution is -0.116. The number of carbonyl (C=O) groups is 1. The van der Waals surface area contributed by atoms with E-state index in [0.29, 0.717) is 5.02 Å². The van der Waals surface area contributed by atoms with Crippen LogP contribution in [0.15, 0.2) is 84.9 Å². The fourth-order valence-corrected chi connectivity index (χ4v) is 3.23. The fourth-order valence-electron chi connectivity index (χ4n) is 3.11. The van der Waals surface area contributed by atoms with E-state index >= 15 is 0 Å². The van der Waals surface area contributed by atoms with E-state index in [9.17, 15) is 4.79 Å². The van der Waals surface area contributed by atoms with Gasteiger partial charge in [-0.2, -0.15) is 0 Å². The minimum absolute atomic E-state index is 0.0779. The Kier molecular flexibility index (Phi) is 4.46. The molecule has 0 unspecified atom stereocenters. The third-order valence-electron chi connectivity index (χ3n) is 4.31. The summed E-state index contributed by atoms with van der Waals surface area (Å²) >= 11 is 5.90. The molecule has 128 valence electrons. The maximum atomic E-state index is 12.6. The smallest absolute Gasteiger partial charge is 0.244 e. The molecule has 0 bridgehead atoms. The zero-order chi connectivity index (χ0) is 17.9. The summed E-state index contributed by atoms with van der Waals surface area (Å²) in [7, 11) is 0. The maximum absolute atomic E-state index is 12.6. The van der Waals surface area contributed by atoms with Gasteiger partial charge in [-0.05, 0) is 42.0 Å². The van der Waals surface area contributed by atoms with Gasteiger partial charge < -0.3 is 9.88 Å². The van der Waals surface area contributed by atoms with Crippen LogP contribution >= 0.6 is 11.6 Å². The molecule has 0 fully saturated rings. The summed E-state index contributed by atoms with van der Waals surface area (Å²) in [5.41, 5.74) is 3.88. The van der Waals surface area contributed by atoms with E-state index in [1.807, 2.05) is 36.4 Å². The van der Waals surface area contributed by atoms with E-state index in [0.717, 1.165) is 27.8 Å². The predicted molar refractivity (Wildman–Crippen MR) is 107 cm³/mol. The van der Waals surface area contributed by atoms with Crippen LogP contribution in [-0.4, -0.2) is 10.5 Å². The largest absolute Gasteiger partial charge is 0.331 e. The second kappa shape index (κ2) is 7.06. The van der Waals surface area contributed by atoms with E-state index in [1.165, 1.54) is 0 Å². The molecular formula is C22H17ClN2O. The number of carbonyl (C=O) groups excluding carboxylic acids is 1. The molecule has 1 amide bonds. The topological polar surface area (TPSA) is 34.0 Å². The summed E-state index contributed by atoms with van der Waals surface area (Å²) in [5.74, 6) is -0.0779. The van der Waals surface area contributed by atoms with Gasteiger partial charge in [0, 0.05) is 27.3 Å². The molecule has 4 heteroatoms. The molecule has 0 spiro atoms. The maximum Gasteiger partial charge on any atom is 0.244 e. The van der Waals surface area contributed by atoms with Gasteiger partial charge in [0.15, 0.2) is 0 Å². The molecular weight excluding hydrogens is 344 g/mol. The van der Waals surface area contributed by atoms with Crippen molar-refractivity contribution in [2.75, 3.05) is 5.32 Å². The summed E-state index contributed by atoms with van der Waals surface area (Å²) in [6.07, 6.45) is 0. The number of aromatic nitrogens is 1. The Hall–Kier alpha value is -3.04. The molecule has 1 aromatic heterocycles. The molecule has 4 rings (SSSR count). The molecule has 26 heavy (non-hydrogen) atoms. The molecule has 0 aliphatic carbocycles. The molecule has 3 aromatic carbocycles. The number of nitrogens with one attached hydrogen (secondary N) is 1. The highest BCUT2D eigenvalue weighted by molar-refractivity contribution is 6.30. The van der Waals surface area contributed by atoms with E-state index in [1.54, 1.807) is 24.3 Å². The second-order valence-corrected chi connectivity index (χ2v) is 6.53. The Morgan fingerprint density at radius 1 is 0.885 bits per heavy atom. The zero-order valence-corrected chi connectivity index (χ0v) is 14.8. The highest BCUT2D eigenvalue weighted by Gasteiger charge is 2.13. The molecule has 0 saturated carbocycles. The van der Waals surface area contributed by atoms with Crippen molar-refractivity contribution in [2.24, 2.45) is 0 Å². The van der Waals surface area contributed by atoms with Crippen molar-refractivity contribution in [1.82, 2.24) is 4.57 Å². The van der Waals surface area contributed by atoms with Crippen LogP contribution in [0.4, 0.5) is 5.69 Å². The van der Waals surface area contributed by atoms with Gasteiger partial charge in [0.1, 0.15) is 6.54 Å². The van der Waals surface area contributed by atoms with Crippen molar-refractivity contribution >= 4 is 34.1 Å². The lowest BCUT2D eigenvalue weighted by Gasteiger charge is -2.12. The number of benzene rings is 3. The fraction of sp³-hybridized carbons (Fsp3) is 0.0455. The number of hydrogen-bond donors (Lipinski definition) is 1. The lowest BCUT2D eigenvalue weighted by Crippen LogP contribution is -2.19. The molecule has 4 aromatic rings. The monoisotopic (exact) mass is 360 g/mol. The van der Waals surface area contributed by atoms with Crippen molar-refractivity contribution in [3.05, 3.63) is 90.0 Å². The van der Waals surface area contributed by atoms with Crippen LogP contribution in [0.25, 0.3) is 22.2 Å². The van der Waals surface area contributed by atoms with Gasteiger partial charge in [-0.3, -0.25) is 4.79 Å². The third kappa shape index (κ3) is 3.35. The van der Waals surface area contributed by atoms with Crippen molar-refractivity contribution in [2.45, 2.75) is 6.54 Å². The summed E-state index contributed by atoms with van der Waals surface area (Å²) in [5, 5.41) is 4.69. The van der Waals surface area contributed by atoms with Crippen molar-refractivity contribution in [3.8, 4) is 11.3 Å². The highest BCUT2D eigenvalue weighted by Crippen LogP contribution is 2.28. The second-order valence-electron chi connectivity index (χ2n) is 6.10. The Labute approximate surface area is 156 Å². The van der Waals surface area contributed by atoms with E-state index < -0.39 is 0 Å². The van der Waals surface area contributed by atoms with Crippen molar-refractivity contribution in [3.63, 3.8) is 0 Å². The van der Waals surface area contributed by atoms with Crippen molar-refractivity contribution < 1.29 is 4.79 Å². The summed E-state index contributed by atoms with van der Waals surface area (Å²) in [4.78, 5) is 12.6. The standard InChI is InChI=1S/C22H17ClN2O/c23-18-10-12-19(13-11-18)24-22(26)15-25-20-9-5-4-8-17(20)14-21(25)16-6-2-1-3-7-16/h1-14H,15H2,(H,24,26). The zero-order valence-electron chi connectivity index (χ0n) is 14.0. The summed E-state index contributed by atoms with van der Waals surface area (Å²) < 4.78 is 2.05. The molecule has 0 atom stereocenters. The first kappa shape index (κ1) is 16.4. The minimum Gasteiger partial charge on any atom is -0.331 e. The van der Waals surface area contributed by atoms with Gasteiger partial charge in [0.05, 0.1) is 0 Å². The third-order valence-corrected chi connectivity index (χ3v) is 4.56. The Morgan fingerprint density at radius 3 is 2.35 bits per heavy atom. The number of anilines is 1. The van der Waals surface area contributed by atoms with E-state index in [-0.39, 0.29) is 12.5 Å². The van der Waals surface area contributed by atoms with Gasteiger partial charge in [0.25, 0.3) is 0 Å². The Balaban J connectivity index is 1.68. The minimum atomic E-state index is -0.0779. The van der Waals surface area contributed by atoms with E-state index in [2.05, 4.69) is 34.1 Å². The van der Waals surface area contributed by atoms with Gasteiger partial charge in [-0.25, -0.2) is 0 Å². The van der Waals surface area contributed by atoms with Gasteiger partial charge in [0.2, 0.25) is 5.91 Å². The first-order chi connectivity index (χ1) is 12.7. The van der Waals surface area contributed by atoms with Crippen LogP contribution in [-0.2, 0) is 11.3 Å². The number of fused-ring (bicyclic) bond motifs is 1. The number of rotatable bonds is 4. The molecule has 0 saturated heterocycles. The first-order valence-electron chi connectivity index (χ1n) is 8.40. The van der Waals surface area contributed by atoms with Crippen LogP contribution < -0.4 is 5.32 Å². The number of para-hydroxylation sites is 1. The molecule has 1 heterocycles. The molecule has 0 aliphatic heterocycles. The SMILES string of the molecule is O=C(Cn1c(-c2ccccc2)cc2ccccc21)Nc1ccc(Cl)cc1. The lowest BCUT2D eigenvalue weighted by atomic mass is 10.1. The van der Waals surface area contributed by atoms with Gasteiger partial charge in [-0.15, -0.1) is 0 Å². The number of nitrogens with zero attached hydrogens (tertiary/aromatic N) is 1. The summed E-state index contributed by atoms with van der Waals surface area (Å²) in [6, 6.07) is 27.5. The average molecular weight is 361 g/mol. The molecule has 0 aliphatic rings. The quantitative estimate of drug-likeness (QED) is 0.505. The molecule has 3 nitrogen and oxygen atoms in total.